The van der Waals surface area contributed by atoms with Gasteiger partial charge in [0.15, 0.2) is 11.4 Å². The summed E-state index contributed by atoms with van der Waals surface area (Å²) in [7, 11) is 0. The molecule has 0 aliphatic carbocycles. The normalized spacial score (nSPS) is 10.8. The van der Waals surface area contributed by atoms with E-state index in [-0.39, 0.29) is 0 Å². The molecule has 0 unspecified atom stereocenters. The van der Waals surface area contributed by atoms with Gasteiger partial charge < -0.3 is 16.0 Å². The second-order valence-corrected chi connectivity index (χ2v) is 3.87. The third-order valence-electron chi connectivity index (χ3n) is 2.75. The van der Waals surface area contributed by atoms with Crippen LogP contribution in [0, 0.1) is 0 Å². The minimum absolute atomic E-state index is 0.410. The first-order valence-corrected chi connectivity index (χ1v) is 5.25. The third kappa shape index (κ3) is 1.50. The number of benzene rings is 2. The number of nitrogen functional groups attached to an aromatic ring is 2. The maximum Gasteiger partial charge on any atom is 0.175 e. The number of anilines is 2. The number of nitrogens with two attached hydrogens (primary N) is 2. The molecule has 0 radical (unpaired) electrons. The Kier molecular flexibility index (Phi) is 2.01. The summed E-state index contributed by atoms with van der Waals surface area (Å²) < 4.78 is 5.13. The van der Waals surface area contributed by atoms with Gasteiger partial charge in [0.2, 0.25) is 0 Å². The molecular weight excluding hydrogens is 214 g/mol. The van der Waals surface area contributed by atoms with Gasteiger partial charge >= 0.3 is 0 Å². The fraction of sp³-hybridized carbons (Fsp3) is 0. The second kappa shape index (κ2) is 3.52. The fourth-order valence-electron chi connectivity index (χ4n) is 1.92. The van der Waals surface area contributed by atoms with Crippen LogP contribution in [-0.2, 0) is 0 Å². The van der Waals surface area contributed by atoms with Crippen molar-refractivity contribution in [3.8, 4) is 11.1 Å². The maximum atomic E-state index is 5.81. The van der Waals surface area contributed by atoms with Crippen LogP contribution in [0.5, 0.6) is 0 Å². The molecule has 0 aliphatic rings. The lowest BCUT2D eigenvalue weighted by Gasteiger charge is -2.03. The lowest BCUT2D eigenvalue weighted by Crippen LogP contribution is -1.87. The molecule has 0 saturated heterocycles. The van der Waals surface area contributed by atoms with Gasteiger partial charge in [0, 0.05) is 5.69 Å². The smallest absolute Gasteiger partial charge is 0.175 e. The molecule has 0 atom stereocenters. The monoisotopic (exact) mass is 225 g/mol. The molecule has 0 aliphatic heterocycles. The van der Waals surface area contributed by atoms with Crippen molar-refractivity contribution in [2.24, 2.45) is 0 Å². The molecular formula is C13H11N3O. The molecule has 4 N–H and O–H groups in total. The molecule has 4 nitrogen and oxygen atoms in total. The zero-order valence-electron chi connectivity index (χ0n) is 9.05. The van der Waals surface area contributed by atoms with E-state index in [0.29, 0.717) is 11.4 Å². The van der Waals surface area contributed by atoms with Crippen LogP contribution in [-0.4, -0.2) is 5.16 Å². The average molecular weight is 225 g/mol. The summed E-state index contributed by atoms with van der Waals surface area (Å²) in [4.78, 5) is 0. The first-order valence-electron chi connectivity index (χ1n) is 5.25. The summed E-state index contributed by atoms with van der Waals surface area (Å²) in [5, 5.41) is 4.62. The standard InChI is InChI=1S/C13H11N3O/c14-9-6-4-8(5-7-9)10-2-1-3-11-12(10)13(15)16-17-11/h1-7H,14H2,(H2,15,16). The van der Waals surface area contributed by atoms with E-state index in [4.69, 9.17) is 16.0 Å². The lowest BCUT2D eigenvalue weighted by atomic mass is 10.0. The molecule has 3 aromatic rings. The van der Waals surface area contributed by atoms with Crippen LogP contribution in [0.2, 0.25) is 0 Å². The topological polar surface area (TPSA) is 78.1 Å². The van der Waals surface area contributed by atoms with Crippen molar-refractivity contribution >= 4 is 22.5 Å². The highest BCUT2D eigenvalue weighted by molar-refractivity contribution is 6.00. The van der Waals surface area contributed by atoms with E-state index in [2.05, 4.69) is 5.16 Å². The highest BCUT2D eigenvalue weighted by Crippen LogP contribution is 2.32. The summed E-state index contributed by atoms with van der Waals surface area (Å²) in [6.45, 7) is 0. The molecule has 17 heavy (non-hydrogen) atoms. The van der Waals surface area contributed by atoms with Gasteiger partial charge in [0.25, 0.3) is 0 Å². The molecule has 84 valence electrons. The number of hydrogen-bond donors (Lipinski definition) is 2. The van der Waals surface area contributed by atoms with Gasteiger partial charge in [-0.3, -0.25) is 0 Å². The van der Waals surface area contributed by atoms with E-state index in [1.165, 1.54) is 0 Å². The number of rotatable bonds is 1. The van der Waals surface area contributed by atoms with E-state index in [1.807, 2.05) is 42.5 Å². The van der Waals surface area contributed by atoms with E-state index < -0.39 is 0 Å². The highest BCUT2D eigenvalue weighted by Gasteiger charge is 2.10. The van der Waals surface area contributed by atoms with E-state index in [9.17, 15) is 0 Å². The summed E-state index contributed by atoms with van der Waals surface area (Å²) in [5.41, 5.74) is 15.0. The minimum atomic E-state index is 0.410. The van der Waals surface area contributed by atoms with Gasteiger partial charge in [-0.1, -0.05) is 29.4 Å². The van der Waals surface area contributed by atoms with Crippen molar-refractivity contribution in [2.45, 2.75) is 0 Å². The zero-order chi connectivity index (χ0) is 11.8. The Balaban J connectivity index is 2.29. The molecule has 0 bridgehead atoms. The zero-order valence-corrected chi connectivity index (χ0v) is 9.05. The lowest BCUT2D eigenvalue weighted by molar-refractivity contribution is 0.460. The molecule has 0 fully saturated rings. The molecule has 2 aromatic carbocycles. The number of nitrogens with zero attached hydrogens (tertiary/aromatic N) is 1. The molecule has 0 saturated carbocycles. The predicted octanol–water partition coefficient (Wildman–Crippen LogP) is 2.66. The maximum absolute atomic E-state index is 5.81. The van der Waals surface area contributed by atoms with E-state index in [0.717, 1.165) is 22.2 Å². The molecule has 1 aromatic heterocycles. The van der Waals surface area contributed by atoms with Crippen LogP contribution in [0.4, 0.5) is 11.5 Å². The molecule has 0 spiro atoms. The summed E-state index contributed by atoms with van der Waals surface area (Å²) in [6, 6.07) is 13.4. The van der Waals surface area contributed by atoms with Gasteiger partial charge in [0.05, 0.1) is 5.39 Å². The molecule has 4 heteroatoms. The van der Waals surface area contributed by atoms with Crippen LogP contribution in [0.15, 0.2) is 47.0 Å². The largest absolute Gasteiger partial charge is 0.399 e. The number of aromatic nitrogens is 1. The average Bonchev–Trinajstić information content (AvgIpc) is 2.73. The van der Waals surface area contributed by atoms with Crippen LogP contribution in [0.25, 0.3) is 22.1 Å². The first-order chi connectivity index (χ1) is 8.25. The van der Waals surface area contributed by atoms with Crippen LogP contribution in [0.1, 0.15) is 0 Å². The summed E-state index contributed by atoms with van der Waals surface area (Å²) in [5.74, 6) is 0.410. The summed E-state index contributed by atoms with van der Waals surface area (Å²) >= 11 is 0. The number of fused-ring (bicyclic) bond motifs is 1. The first kappa shape index (κ1) is 9.72. The Bertz CT molecular complexity index is 671. The Labute approximate surface area is 97.8 Å². The minimum Gasteiger partial charge on any atom is -0.399 e. The highest BCUT2D eigenvalue weighted by atomic mass is 16.5. The van der Waals surface area contributed by atoms with Crippen molar-refractivity contribution in [2.75, 3.05) is 11.5 Å². The van der Waals surface area contributed by atoms with E-state index >= 15 is 0 Å². The van der Waals surface area contributed by atoms with E-state index in [1.54, 1.807) is 0 Å². The Hall–Kier alpha value is -2.49. The van der Waals surface area contributed by atoms with Gasteiger partial charge in [-0.25, -0.2) is 0 Å². The predicted molar refractivity (Wildman–Crippen MR) is 68.3 cm³/mol. The van der Waals surface area contributed by atoms with Crippen molar-refractivity contribution in [3.05, 3.63) is 42.5 Å². The van der Waals surface area contributed by atoms with Gasteiger partial charge in [0.1, 0.15) is 0 Å². The second-order valence-electron chi connectivity index (χ2n) is 3.87. The molecule has 1 heterocycles. The summed E-state index contributed by atoms with van der Waals surface area (Å²) in [6.07, 6.45) is 0. The van der Waals surface area contributed by atoms with Crippen molar-refractivity contribution in [3.63, 3.8) is 0 Å². The van der Waals surface area contributed by atoms with Crippen molar-refractivity contribution in [1.82, 2.24) is 5.16 Å². The van der Waals surface area contributed by atoms with Gasteiger partial charge in [-0.2, -0.15) is 0 Å². The quantitative estimate of drug-likeness (QED) is 0.624. The van der Waals surface area contributed by atoms with Gasteiger partial charge in [-0.05, 0) is 29.3 Å². The Morgan fingerprint density at radius 1 is 0.941 bits per heavy atom. The van der Waals surface area contributed by atoms with Crippen molar-refractivity contribution < 1.29 is 4.52 Å². The third-order valence-corrected chi connectivity index (χ3v) is 2.75. The van der Waals surface area contributed by atoms with Crippen LogP contribution in [0.3, 0.4) is 0 Å². The SMILES string of the molecule is Nc1ccc(-c2cccc3onc(N)c23)cc1. The number of hydrogen-bond acceptors (Lipinski definition) is 4. The van der Waals surface area contributed by atoms with Crippen LogP contribution < -0.4 is 11.5 Å². The molecule has 3 rings (SSSR count). The Morgan fingerprint density at radius 2 is 1.71 bits per heavy atom. The van der Waals surface area contributed by atoms with Crippen LogP contribution >= 0.6 is 0 Å². The fourth-order valence-corrected chi connectivity index (χ4v) is 1.92. The molecule has 0 amide bonds. The van der Waals surface area contributed by atoms with Gasteiger partial charge in [-0.15, -0.1) is 0 Å². The Morgan fingerprint density at radius 3 is 2.47 bits per heavy atom. The van der Waals surface area contributed by atoms with Crippen molar-refractivity contribution in [1.29, 1.82) is 0 Å².